The number of anilines is 1. The van der Waals surface area contributed by atoms with E-state index >= 15 is 0 Å². The van der Waals surface area contributed by atoms with E-state index in [1.807, 2.05) is 30.5 Å². The van der Waals surface area contributed by atoms with Gasteiger partial charge in [-0.2, -0.15) is 0 Å². The topological polar surface area (TPSA) is 72.6 Å². The maximum atomic E-state index is 13.1. The van der Waals surface area contributed by atoms with Crippen LogP contribution in [0.3, 0.4) is 0 Å². The van der Waals surface area contributed by atoms with E-state index in [4.69, 9.17) is 9.15 Å². The Kier molecular flexibility index (Phi) is 5.00. The van der Waals surface area contributed by atoms with E-state index in [9.17, 15) is 9.59 Å². The Morgan fingerprint density at radius 2 is 2.14 bits per heavy atom. The minimum atomic E-state index is -0.376. The van der Waals surface area contributed by atoms with Gasteiger partial charge < -0.3 is 14.1 Å². The average molecular weight is 396 g/mol. The van der Waals surface area contributed by atoms with Crippen molar-refractivity contribution in [1.29, 1.82) is 0 Å². The molecule has 0 saturated heterocycles. The van der Waals surface area contributed by atoms with E-state index in [1.54, 1.807) is 28.4 Å². The third-order valence-corrected chi connectivity index (χ3v) is 5.76. The fraction of sp³-hybridized carbons (Fsp3) is 0.286. The van der Waals surface area contributed by atoms with Gasteiger partial charge in [-0.05, 0) is 48.9 Å². The van der Waals surface area contributed by atoms with Crippen LogP contribution in [-0.2, 0) is 22.4 Å². The zero-order valence-corrected chi connectivity index (χ0v) is 16.5. The summed E-state index contributed by atoms with van der Waals surface area (Å²) in [6, 6.07) is 9.29. The number of benzene rings is 1. The molecule has 0 fully saturated rings. The molecule has 28 heavy (non-hydrogen) atoms. The summed E-state index contributed by atoms with van der Waals surface area (Å²) in [6.45, 7) is 2.44. The summed E-state index contributed by atoms with van der Waals surface area (Å²) in [5, 5.41) is 1.96. The van der Waals surface area contributed by atoms with Crippen LogP contribution in [0.2, 0.25) is 0 Å². The SMILES string of the molecule is COC(=O)c1cccc2c1CCCN2C(=O)Cc1nc(-c2cccs2)oc1C. The van der Waals surface area contributed by atoms with E-state index < -0.39 is 0 Å². The molecule has 0 atom stereocenters. The summed E-state index contributed by atoms with van der Waals surface area (Å²) in [4.78, 5) is 32.3. The number of hydrogen-bond acceptors (Lipinski definition) is 6. The van der Waals surface area contributed by atoms with Crippen LogP contribution in [-0.4, -0.2) is 30.5 Å². The van der Waals surface area contributed by atoms with Crippen LogP contribution in [0.15, 0.2) is 40.1 Å². The molecule has 3 aromatic rings. The normalized spacial score (nSPS) is 13.3. The van der Waals surface area contributed by atoms with Crippen molar-refractivity contribution in [3.8, 4) is 10.8 Å². The Hall–Kier alpha value is -2.93. The Morgan fingerprint density at radius 1 is 1.29 bits per heavy atom. The molecule has 1 aromatic carbocycles. The molecular formula is C21H20N2O4S. The Morgan fingerprint density at radius 3 is 2.89 bits per heavy atom. The number of methoxy groups -OCH3 is 1. The lowest BCUT2D eigenvalue weighted by molar-refractivity contribution is -0.118. The molecule has 0 radical (unpaired) electrons. The standard InChI is InChI=1S/C21H20N2O4S/c1-13-16(22-20(27-13)18-9-5-11-28-18)12-19(24)23-10-4-7-14-15(21(25)26-2)6-3-8-17(14)23/h3,5-6,8-9,11H,4,7,10,12H2,1-2H3. The van der Waals surface area contributed by atoms with Crippen LogP contribution in [0, 0.1) is 6.92 Å². The molecule has 0 spiro atoms. The molecule has 3 heterocycles. The smallest absolute Gasteiger partial charge is 0.338 e. The molecular weight excluding hydrogens is 376 g/mol. The minimum Gasteiger partial charge on any atom is -0.465 e. The van der Waals surface area contributed by atoms with Crippen molar-refractivity contribution < 1.29 is 18.7 Å². The van der Waals surface area contributed by atoms with Crippen molar-refractivity contribution >= 4 is 28.9 Å². The van der Waals surface area contributed by atoms with E-state index in [0.29, 0.717) is 29.5 Å². The number of carbonyl (C=O) groups excluding carboxylic acids is 2. The number of ether oxygens (including phenoxy) is 1. The van der Waals surface area contributed by atoms with E-state index in [-0.39, 0.29) is 18.3 Å². The Bertz CT molecular complexity index is 1020. The zero-order chi connectivity index (χ0) is 19.7. The lowest BCUT2D eigenvalue weighted by atomic mass is 9.96. The molecule has 0 aliphatic carbocycles. The molecule has 4 rings (SSSR count). The Balaban J connectivity index is 1.60. The van der Waals surface area contributed by atoms with Gasteiger partial charge in [0, 0.05) is 12.2 Å². The molecule has 0 saturated carbocycles. The second-order valence-electron chi connectivity index (χ2n) is 6.62. The highest BCUT2D eigenvalue weighted by atomic mass is 32.1. The van der Waals surface area contributed by atoms with Crippen LogP contribution in [0.1, 0.15) is 33.8 Å². The lowest BCUT2D eigenvalue weighted by Gasteiger charge is -2.30. The molecule has 1 aliphatic heterocycles. The van der Waals surface area contributed by atoms with Crippen molar-refractivity contribution in [1.82, 2.24) is 4.98 Å². The number of esters is 1. The number of carbonyl (C=O) groups is 2. The number of nitrogens with zero attached hydrogens (tertiary/aromatic N) is 2. The van der Waals surface area contributed by atoms with Gasteiger partial charge in [-0.25, -0.2) is 9.78 Å². The van der Waals surface area contributed by atoms with Crippen LogP contribution in [0.25, 0.3) is 10.8 Å². The number of hydrogen-bond donors (Lipinski definition) is 0. The van der Waals surface area contributed by atoms with Crippen LogP contribution in [0.5, 0.6) is 0 Å². The summed E-state index contributed by atoms with van der Waals surface area (Å²) < 4.78 is 10.6. The fourth-order valence-corrected chi connectivity index (χ4v) is 4.17. The van der Waals surface area contributed by atoms with Gasteiger partial charge in [0.15, 0.2) is 0 Å². The molecule has 1 aliphatic rings. The molecule has 0 unspecified atom stereocenters. The number of rotatable bonds is 4. The number of aryl methyl sites for hydroxylation is 1. The highest BCUT2D eigenvalue weighted by molar-refractivity contribution is 7.13. The first-order chi connectivity index (χ1) is 13.6. The van der Waals surface area contributed by atoms with Crippen molar-refractivity contribution in [2.24, 2.45) is 0 Å². The molecule has 7 heteroatoms. The second-order valence-corrected chi connectivity index (χ2v) is 7.57. The lowest BCUT2D eigenvalue weighted by Crippen LogP contribution is -2.37. The van der Waals surface area contributed by atoms with Gasteiger partial charge in [-0.3, -0.25) is 4.79 Å². The largest absolute Gasteiger partial charge is 0.465 e. The quantitative estimate of drug-likeness (QED) is 0.623. The maximum absolute atomic E-state index is 13.1. The van der Waals surface area contributed by atoms with Crippen LogP contribution < -0.4 is 4.90 Å². The van der Waals surface area contributed by atoms with Crippen molar-refractivity contribution in [3.05, 3.63) is 58.3 Å². The van der Waals surface area contributed by atoms with Gasteiger partial charge in [-0.1, -0.05) is 12.1 Å². The van der Waals surface area contributed by atoms with Crippen molar-refractivity contribution in [3.63, 3.8) is 0 Å². The number of amides is 1. The second kappa shape index (κ2) is 7.59. The number of fused-ring (bicyclic) bond motifs is 1. The first-order valence-corrected chi connectivity index (χ1v) is 9.97. The van der Waals surface area contributed by atoms with E-state index in [2.05, 4.69) is 4.98 Å². The predicted octanol–water partition coefficient (Wildman–Crippen LogP) is 4.02. The van der Waals surface area contributed by atoms with Gasteiger partial charge >= 0.3 is 5.97 Å². The first-order valence-electron chi connectivity index (χ1n) is 9.09. The summed E-state index contributed by atoms with van der Waals surface area (Å²) in [7, 11) is 1.37. The summed E-state index contributed by atoms with van der Waals surface area (Å²) in [5.41, 5.74) is 2.81. The molecule has 144 valence electrons. The van der Waals surface area contributed by atoms with Gasteiger partial charge in [0.1, 0.15) is 5.76 Å². The fourth-order valence-electron chi connectivity index (χ4n) is 3.52. The number of oxazole rings is 1. The van der Waals surface area contributed by atoms with Gasteiger partial charge in [0.2, 0.25) is 11.8 Å². The zero-order valence-electron chi connectivity index (χ0n) is 15.7. The molecule has 0 N–H and O–H groups in total. The third-order valence-electron chi connectivity index (χ3n) is 4.90. The minimum absolute atomic E-state index is 0.0582. The highest BCUT2D eigenvalue weighted by Crippen LogP contribution is 2.31. The monoisotopic (exact) mass is 396 g/mol. The van der Waals surface area contributed by atoms with Crippen molar-refractivity contribution in [2.75, 3.05) is 18.6 Å². The number of thiophene rings is 1. The Labute approximate surface area is 166 Å². The highest BCUT2D eigenvalue weighted by Gasteiger charge is 2.27. The summed E-state index contributed by atoms with van der Waals surface area (Å²) >= 11 is 1.55. The van der Waals surface area contributed by atoms with Crippen LogP contribution >= 0.6 is 11.3 Å². The molecule has 1 amide bonds. The predicted molar refractivity (Wildman–Crippen MR) is 107 cm³/mol. The maximum Gasteiger partial charge on any atom is 0.338 e. The van der Waals surface area contributed by atoms with Gasteiger partial charge in [-0.15, -0.1) is 11.3 Å². The van der Waals surface area contributed by atoms with E-state index in [1.165, 1.54) is 7.11 Å². The molecule has 0 bridgehead atoms. The first kappa shape index (κ1) is 18.4. The van der Waals surface area contributed by atoms with E-state index in [0.717, 1.165) is 29.0 Å². The van der Waals surface area contributed by atoms with Crippen molar-refractivity contribution in [2.45, 2.75) is 26.2 Å². The third kappa shape index (κ3) is 3.33. The van der Waals surface area contributed by atoms with Crippen LogP contribution in [0.4, 0.5) is 5.69 Å². The van der Waals surface area contributed by atoms with Gasteiger partial charge in [0.25, 0.3) is 0 Å². The number of aromatic nitrogens is 1. The average Bonchev–Trinajstić information content (AvgIpc) is 3.36. The summed E-state index contributed by atoms with van der Waals surface area (Å²) in [5.74, 6) is 0.760. The molecule has 6 nitrogen and oxygen atoms in total. The molecule has 2 aromatic heterocycles. The van der Waals surface area contributed by atoms with Gasteiger partial charge in [0.05, 0.1) is 29.7 Å². The summed E-state index contributed by atoms with van der Waals surface area (Å²) in [6.07, 6.45) is 1.70.